The summed E-state index contributed by atoms with van der Waals surface area (Å²) in [7, 11) is 0. The summed E-state index contributed by atoms with van der Waals surface area (Å²) < 4.78 is 64.5. The fourth-order valence-corrected chi connectivity index (χ4v) is 6.76. The fraction of sp³-hybridized carbons (Fsp3) is 0.433. The van der Waals surface area contributed by atoms with Gasteiger partial charge in [0, 0.05) is 67.3 Å². The molecular weight excluding hydrogens is 590 g/mol. The molecule has 8 nitrogen and oxygen atoms in total. The molecular formula is C30H30ClF4N5O3. The van der Waals surface area contributed by atoms with Crippen molar-refractivity contribution >= 4 is 34.2 Å². The quantitative estimate of drug-likeness (QED) is 0.300. The monoisotopic (exact) mass is 619 g/mol. The molecule has 3 atom stereocenters. The minimum atomic E-state index is -2.82. The molecule has 1 amide bonds. The van der Waals surface area contributed by atoms with Gasteiger partial charge >= 0.3 is 5.69 Å². The molecule has 3 aromatic rings. The van der Waals surface area contributed by atoms with Gasteiger partial charge < -0.3 is 14.5 Å². The highest BCUT2D eigenvalue weighted by atomic mass is 35.5. The van der Waals surface area contributed by atoms with Gasteiger partial charge in [0.25, 0.3) is 5.92 Å². The van der Waals surface area contributed by atoms with Crippen molar-refractivity contribution in [3.05, 3.63) is 64.1 Å². The Morgan fingerprint density at radius 1 is 1.21 bits per heavy atom. The highest BCUT2D eigenvalue weighted by Gasteiger charge is 2.41. The van der Waals surface area contributed by atoms with Gasteiger partial charge in [-0.1, -0.05) is 18.2 Å². The first-order valence-corrected chi connectivity index (χ1v) is 14.4. The van der Waals surface area contributed by atoms with E-state index in [1.807, 2.05) is 18.7 Å². The lowest BCUT2D eigenvalue weighted by Crippen LogP contribution is -2.58. The molecule has 0 radical (unpaired) electrons. The van der Waals surface area contributed by atoms with Crippen LogP contribution in [0.25, 0.3) is 22.0 Å². The van der Waals surface area contributed by atoms with Crippen molar-refractivity contribution in [3.8, 4) is 16.9 Å². The Balaban J connectivity index is 1.54. The molecule has 0 aliphatic carbocycles. The van der Waals surface area contributed by atoms with Crippen LogP contribution in [0.15, 0.2) is 41.7 Å². The van der Waals surface area contributed by atoms with Crippen molar-refractivity contribution in [2.24, 2.45) is 0 Å². The molecule has 4 heterocycles. The number of aromatic nitrogens is 2. The minimum Gasteiger partial charge on any atom is -0.488 e. The number of ether oxygens (including phenoxy) is 1. The van der Waals surface area contributed by atoms with E-state index in [1.54, 1.807) is 15.9 Å². The molecule has 6 rings (SSSR count). The first-order valence-electron chi connectivity index (χ1n) is 14.1. The second-order valence-corrected chi connectivity index (χ2v) is 11.9. The molecule has 43 heavy (non-hydrogen) atoms. The Morgan fingerprint density at radius 3 is 2.65 bits per heavy atom. The summed E-state index contributed by atoms with van der Waals surface area (Å²) in [5.41, 5.74) is -0.201. The van der Waals surface area contributed by atoms with Gasteiger partial charge in [-0.15, -0.1) is 0 Å². The van der Waals surface area contributed by atoms with Crippen LogP contribution in [0, 0.1) is 11.6 Å². The van der Waals surface area contributed by atoms with Crippen LogP contribution in [0.5, 0.6) is 5.75 Å². The zero-order chi connectivity index (χ0) is 30.8. The zero-order valence-electron chi connectivity index (χ0n) is 23.6. The third-order valence-electron chi connectivity index (χ3n) is 8.52. The van der Waals surface area contributed by atoms with E-state index >= 15 is 4.39 Å². The van der Waals surface area contributed by atoms with E-state index in [0.29, 0.717) is 29.8 Å². The number of amides is 1. The SMILES string of the molecule is C=CC(=O)N1C[C@H](C)N(c2nc(=O)n3c4c(c(-c5ccc(F)cc5F)c(Cl)cc24)OC[C@@H]3CN2CCC(F)(F)C2)C[C@H]1C. The Labute approximate surface area is 250 Å². The lowest BCUT2D eigenvalue weighted by Gasteiger charge is -2.45. The van der Waals surface area contributed by atoms with Gasteiger partial charge in [0.05, 0.1) is 23.1 Å². The smallest absolute Gasteiger partial charge is 0.350 e. The number of likely N-dealkylation sites (tertiary alicyclic amines) is 1. The van der Waals surface area contributed by atoms with Crippen LogP contribution < -0.4 is 15.3 Å². The van der Waals surface area contributed by atoms with Crippen molar-refractivity contribution in [3.63, 3.8) is 0 Å². The zero-order valence-corrected chi connectivity index (χ0v) is 24.4. The number of halogens is 5. The first-order chi connectivity index (χ1) is 20.4. The van der Waals surface area contributed by atoms with E-state index in [9.17, 15) is 22.8 Å². The average molecular weight is 620 g/mol. The summed E-state index contributed by atoms with van der Waals surface area (Å²) >= 11 is 6.78. The second-order valence-electron chi connectivity index (χ2n) is 11.5. The topological polar surface area (TPSA) is 70.9 Å². The number of piperazine rings is 1. The van der Waals surface area contributed by atoms with Crippen molar-refractivity contribution in [1.29, 1.82) is 0 Å². The Morgan fingerprint density at radius 2 is 1.98 bits per heavy atom. The molecule has 2 saturated heterocycles. The van der Waals surface area contributed by atoms with Gasteiger partial charge in [0.15, 0.2) is 5.75 Å². The fourth-order valence-electron chi connectivity index (χ4n) is 6.46. The van der Waals surface area contributed by atoms with Gasteiger partial charge in [0.1, 0.15) is 24.1 Å². The number of hydrogen-bond donors (Lipinski definition) is 0. The number of hydrogen-bond acceptors (Lipinski definition) is 6. The molecule has 0 spiro atoms. The van der Waals surface area contributed by atoms with Crippen molar-refractivity contribution in [2.75, 3.05) is 44.2 Å². The van der Waals surface area contributed by atoms with Gasteiger partial charge in [-0.25, -0.2) is 22.4 Å². The van der Waals surface area contributed by atoms with Gasteiger partial charge in [-0.2, -0.15) is 4.98 Å². The summed E-state index contributed by atoms with van der Waals surface area (Å²) in [6.07, 6.45) is 0.980. The summed E-state index contributed by atoms with van der Waals surface area (Å²) in [4.78, 5) is 36.0. The molecule has 1 aromatic heterocycles. The van der Waals surface area contributed by atoms with E-state index < -0.39 is 35.8 Å². The maximum Gasteiger partial charge on any atom is 0.350 e. The second kappa shape index (κ2) is 10.8. The standard InChI is InChI=1S/C30H30ClF4N5O3/c1-4-24(41)38-11-17(3)39(12-16(38)2)28-21-10-22(31)25(20-6-5-18(32)9-23(20)33)27-26(21)40(29(42)36-28)19(14-43-27)13-37-8-7-30(34,35)15-37/h4-6,9-10,16-17,19H,1,7-8,11-15H2,2-3H3/t16-,17+,19+/m1/s1. The highest BCUT2D eigenvalue weighted by Crippen LogP contribution is 2.47. The molecule has 2 fully saturated rings. The Hall–Kier alpha value is -3.64. The molecule has 3 aliphatic rings. The summed E-state index contributed by atoms with van der Waals surface area (Å²) in [6, 6.07) is 3.50. The van der Waals surface area contributed by atoms with Crippen LogP contribution >= 0.6 is 11.6 Å². The van der Waals surface area contributed by atoms with Gasteiger partial charge in [-0.3, -0.25) is 14.3 Å². The number of alkyl halides is 2. The normalized spacial score (nSPS) is 23.5. The number of carbonyl (C=O) groups excluding carboxylic acids is 1. The van der Waals surface area contributed by atoms with Crippen LogP contribution in [0.4, 0.5) is 23.4 Å². The number of rotatable bonds is 5. The number of benzene rings is 2. The average Bonchev–Trinajstić information content (AvgIpc) is 3.30. The predicted molar refractivity (Wildman–Crippen MR) is 155 cm³/mol. The van der Waals surface area contributed by atoms with E-state index in [-0.39, 0.29) is 66.0 Å². The highest BCUT2D eigenvalue weighted by molar-refractivity contribution is 6.35. The lowest BCUT2D eigenvalue weighted by molar-refractivity contribution is -0.128. The van der Waals surface area contributed by atoms with Crippen molar-refractivity contribution < 1.29 is 27.1 Å². The van der Waals surface area contributed by atoms with E-state index in [0.717, 1.165) is 12.1 Å². The Bertz CT molecular complexity index is 1700. The minimum absolute atomic E-state index is 0.0168. The van der Waals surface area contributed by atoms with Crippen LogP contribution in [0.2, 0.25) is 5.02 Å². The summed E-state index contributed by atoms with van der Waals surface area (Å²) in [5.74, 6) is -4.22. The molecule has 13 heteroatoms. The van der Waals surface area contributed by atoms with Crippen LogP contribution in [-0.2, 0) is 4.79 Å². The van der Waals surface area contributed by atoms with Crippen LogP contribution in [-0.4, -0.2) is 82.6 Å². The molecule has 0 bridgehead atoms. The van der Waals surface area contributed by atoms with Crippen LogP contribution in [0.3, 0.4) is 0 Å². The molecule has 228 valence electrons. The van der Waals surface area contributed by atoms with Gasteiger partial charge in [0.2, 0.25) is 5.91 Å². The predicted octanol–water partition coefficient (Wildman–Crippen LogP) is 4.88. The van der Waals surface area contributed by atoms with E-state index in [2.05, 4.69) is 11.6 Å². The van der Waals surface area contributed by atoms with E-state index in [4.69, 9.17) is 16.3 Å². The third-order valence-corrected chi connectivity index (χ3v) is 8.81. The number of anilines is 1. The molecule has 0 unspecified atom stereocenters. The molecule has 0 saturated carbocycles. The first kappa shape index (κ1) is 29.4. The van der Waals surface area contributed by atoms with Crippen molar-refractivity contribution in [2.45, 2.75) is 44.3 Å². The van der Waals surface area contributed by atoms with Gasteiger partial charge in [-0.05, 0) is 38.1 Å². The van der Waals surface area contributed by atoms with Crippen molar-refractivity contribution in [1.82, 2.24) is 19.4 Å². The lowest BCUT2D eigenvalue weighted by atomic mass is 9.99. The maximum absolute atomic E-state index is 15.1. The largest absolute Gasteiger partial charge is 0.488 e. The van der Waals surface area contributed by atoms with Crippen LogP contribution in [0.1, 0.15) is 26.3 Å². The van der Waals surface area contributed by atoms with E-state index in [1.165, 1.54) is 16.7 Å². The molecule has 2 aromatic carbocycles. The molecule has 3 aliphatic heterocycles. The number of carbonyl (C=O) groups is 1. The number of nitrogens with zero attached hydrogens (tertiary/aromatic N) is 5. The summed E-state index contributed by atoms with van der Waals surface area (Å²) in [6.45, 7) is 7.83. The molecule has 0 N–H and O–H groups in total. The summed E-state index contributed by atoms with van der Waals surface area (Å²) in [5, 5.41) is 0.546. The third kappa shape index (κ3) is 5.14. The maximum atomic E-state index is 15.1. The Kier molecular flexibility index (Phi) is 7.40.